The molecular formula is C21H24N2O4S. The first-order valence-electron chi connectivity index (χ1n) is 8.98. The van der Waals surface area contributed by atoms with Crippen LogP contribution in [-0.4, -0.2) is 37.5 Å². The number of benzene rings is 2. The van der Waals surface area contributed by atoms with Gasteiger partial charge in [-0.2, -0.15) is 4.31 Å². The van der Waals surface area contributed by atoms with Crippen molar-refractivity contribution in [2.45, 2.75) is 25.7 Å². The molecule has 0 saturated heterocycles. The fourth-order valence-corrected chi connectivity index (χ4v) is 4.09. The van der Waals surface area contributed by atoms with Crippen molar-refractivity contribution in [1.82, 2.24) is 4.31 Å². The van der Waals surface area contributed by atoms with Crippen LogP contribution < -0.4 is 5.32 Å². The molecule has 1 N–H and O–H groups in total. The van der Waals surface area contributed by atoms with Crippen LogP contribution >= 0.6 is 0 Å². The summed E-state index contributed by atoms with van der Waals surface area (Å²) in [7, 11) is -3.50. The molecule has 6 nitrogen and oxygen atoms in total. The lowest BCUT2D eigenvalue weighted by Crippen LogP contribution is -2.30. The van der Waals surface area contributed by atoms with Gasteiger partial charge in [-0.3, -0.25) is 9.59 Å². The summed E-state index contributed by atoms with van der Waals surface area (Å²) in [6, 6.07) is 13.1. The summed E-state index contributed by atoms with van der Waals surface area (Å²) in [4.78, 5) is 23.7. The lowest BCUT2D eigenvalue weighted by Gasteiger charge is -2.18. The van der Waals surface area contributed by atoms with Gasteiger partial charge in [-0.1, -0.05) is 38.1 Å². The molecule has 0 aliphatic heterocycles. The van der Waals surface area contributed by atoms with E-state index >= 15 is 0 Å². The summed E-state index contributed by atoms with van der Waals surface area (Å²) < 4.78 is 26.3. The molecule has 0 atom stereocenters. The first-order chi connectivity index (χ1) is 13.3. The normalized spacial score (nSPS) is 11.7. The first kappa shape index (κ1) is 21.5. The van der Waals surface area contributed by atoms with Crippen molar-refractivity contribution in [3.63, 3.8) is 0 Å². The lowest BCUT2D eigenvalue weighted by molar-refractivity contribution is -0.111. The Morgan fingerprint density at radius 1 is 1.04 bits per heavy atom. The molecule has 148 valence electrons. The Balaban J connectivity index is 2.07. The van der Waals surface area contributed by atoms with Crippen molar-refractivity contribution < 1.29 is 18.0 Å². The van der Waals surface area contributed by atoms with E-state index in [-0.39, 0.29) is 16.6 Å². The Morgan fingerprint density at radius 2 is 1.68 bits per heavy atom. The van der Waals surface area contributed by atoms with E-state index in [0.29, 0.717) is 29.9 Å². The fourth-order valence-electron chi connectivity index (χ4n) is 2.64. The summed E-state index contributed by atoms with van der Waals surface area (Å²) >= 11 is 0. The Morgan fingerprint density at radius 3 is 2.25 bits per heavy atom. The highest BCUT2D eigenvalue weighted by atomic mass is 32.2. The van der Waals surface area contributed by atoms with E-state index in [2.05, 4.69) is 5.32 Å². The molecule has 1 amide bonds. The van der Waals surface area contributed by atoms with Crippen LogP contribution in [-0.2, 0) is 14.8 Å². The smallest absolute Gasteiger partial charge is 0.248 e. The maximum atomic E-state index is 12.5. The predicted molar refractivity (Wildman–Crippen MR) is 111 cm³/mol. The third kappa shape index (κ3) is 5.37. The van der Waals surface area contributed by atoms with E-state index in [9.17, 15) is 18.0 Å². The van der Waals surface area contributed by atoms with Gasteiger partial charge in [-0.25, -0.2) is 8.42 Å². The quantitative estimate of drug-likeness (QED) is 0.542. The molecule has 0 fully saturated rings. The van der Waals surface area contributed by atoms with E-state index in [4.69, 9.17) is 0 Å². The van der Waals surface area contributed by atoms with Gasteiger partial charge >= 0.3 is 0 Å². The third-order valence-corrected chi connectivity index (χ3v) is 6.25. The number of hydrogen-bond acceptors (Lipinski definition) is 4. The molecular weight excluding hydrogens is 376 g/mol. The number of nitrogens with one attached hydrogen (secondary N) is 1. The first-order valence-corrected chi connectivity index (χ1v) is 10.4. The number of carbonyl (C=O) groups excluding carboxylic acids is 2. The van der Waals surface area contributed by atoms with Gasteiger partial charge < -0.3 is 5.32 Å². The number of amides is 1. The van der Waals surface area contributed by atoms with E-state index in [1.165, 1.54) is 29.4 Å². The highest BCUT2D eigenvalue weighted by Crippen LogP contribution is 2.17. The molecule has 0 heterocycles. The van der Waals surface area contributed by atoms with Crippen molar-refractivity contribution >= 4 is 33.5 Å². The highest BCUT2D eigenvalue weighted by Gasteiger charge is 2.20. The maximum absolute atomic E-state index is 12.5. The summed E-state index contributed by atoms with van der Waals surface area (Å²) in [5.41, 5.74) is 1.75. The van der Waals surface area contributed by atoms with Gasteiger partial charge in [0, 0.05) is 30.4 Å². The third-order valence-electron chi connectivity index (χ3n) is 4.19. The molecule has 0 unspecified atom stereocenters. The molecule has 0 saturated carbocycles. The van der Waals surface area contributed by atoms with Crippen LogP contribution in [0.3, 0.4) is 0 Å². The van der Waals surface area contributed by atoms with Crippen LogP contribution in [0.4, 0.5) is 5.69 Å². The molecule has 0 radical (unpaired) electrons. The zero-order chi connectivity index (χ0) is 20.7. The van der Waals surface area contributed by atoms with Crippen LogP contribution in [0, 0.1) is 0 Å². The molecule has 0 spiro atoms. The average Bonchev–Trinajstić information content (AvgIpc) is 2.67. The second-order valence-corrected chi connectivity index (χ2v) is 8.06. The number of carbonyl (C=O) groups is 2. The van der Waals surface area contributed by atoms with Crippen molar-refractivity contribution in [2.24, 2.45) is 0 Å². The fraction of sp³-hybridized carbons (Fsp3) is 0.238. The van der Waals surface area contributed by atoms with Crippen LogP contribution in [0.5, 0.6) is 0 Å². The molecule has 0 aliphatic carbocycles. The molecule has 0 bridgehead atoms. The van der Waals surface area contributed by atoms with E-state index < -0.39 is 10.0 Å². The van der Waals surface area contributed by atoms with Crippen molar-refractivity contribution in [3.05, 3.63) is 65.7 Å². The Bertz CT molecular complexity index is 976. The zero-order valence-electron chi connectivity index (χ0n) is 16.2. The van der Waals surface area contributed by atoms with Crippen molar-refractivity contribution in [1.29, 1.82) is 0 Å². The Kier molecular flexibility index (Phi) is 7.25. The number of sulfonamides is 1. The van der Waals surface area contributed by atoms with E-state index in [1.807, 2.05) is 0 Å². The number of rotatable bonds is 8. The van der Waals surface area contributed by atoms with Crippen LogP contribution in [0.15, 0.2) is 59.5 Å². The van der Waals surface area contributed by atoms with Crippen molar-refractivity contribution in [2.75, 3.05) is 18.4 Å². The summed E-state index contributed by atoms with van der Waals surface area (Å²) in [6.07, 6.45) is 2.95. The van der Waals surface area contributed by atoms with Gasteiger partial charge in [-0.15, -0.1) is 0 Å². The zero-order valence-corrected chi connectivity index (χ0v) is 17.0. The lowest BCUT2D eigenvalue weighted by atomic mass is 10.1. The molecule has 0 aliphatic rings. The number of nitrogens with zero attached hydrogens (tertiary/aromatic N) is 1. The Hall–Kier alpha value is -2.77. The number of hydrogen-bond donors (Lipinski definition) is 1. The van der Waals surface area contributed by atoms with Gasteiger partial charge in [0.15, 0.2) is 5.78 Å². The predicted octanol–water partition coefficient (Wildman–Crippen LogP) is 3.57. The molecule has 2 aromatic carbocycles. The monoisotopic (exact) mass is 400 g/mol. The topological polar surface area (TPSA) is 83.6 Å². The number of anilines is 1. The summed E-state index contributed by atoms with van der Waals surface area (Å²) in [6.45, 7) is 5.87. The summed E-state index contributed by atoms with van der Waals surface area (Å²) in [5, 5.41) is 2.69. The second kappa shape index (κ2) is 9.43. The number of Topliss-reactive ketones (excluding diaryl/α,β-unsaturated/α-hetero) is 1. The van der Waals surface area contributed by atoms with Gasteiger partial charge in [0.2, 0.25) is 15.9 Å². The summed E-state index contributed by atoms with van der Waals surface area (Å²) in [5.74, 6) is -0.424. The van der Waals surface area contributed by atoms with Crippen molar-refractivity contribution in [3.8, 4) is 0 Å². The number of ketones is 1. The molecule has 7 heteroatoms. The average molecular weight is 401 g/mol. The molecule has 28 heavy (non-hydrogen) atoms. The van der Waals surface area contributed by atoms with Crippen LogP contribution in [0.1, 0.15) is 36.7 Å². The molecule has 0 aromatic heterocycles. The minimum Gasteiger partial charge on any atom is -0.322 e. The maximum Gasteiger partial charge on any atom is 0.248 e. The van der Waals surface area contributed by atoms with Crippen LogP contribution in [0.2, 0.25) is 0 Å². The van der Waals surface area contributed by atoms with Crippen LogP contribution in [0.25, 0.3) is 6.08 Å². The minimum atomic E-state index is -3.50. The van der Waals surface area contributed by atoms with Gasteiger partial charge in [0.05, 0.1) is 4.90 Å². The standard InChI is InChI=1S/C21H24N2O4S/c1-4-23(5-2)28(26,27)20-12-9-17(10-13-20)11-14-21(25)22-19-8-6-7-18(15-19)16(3)24/h6-15H,4-5H2,1-3H3,(H,22,25)/b14-11+. The minimum absolute atomic E-state index is 0.0774. The van der Waals surface area contributed by atoms with E-state index in [0.717, 1.165) is 0 Å². The largest absolute Gasteiger partial charge is 0.322 e. The SMILES string of the molecule is CCN(CC)S(=O)(=O)c1ccc(/C=C/C(=O)Nc2cccc(C(C)=O)c2)cc1. The molecule has 2 aromatic rings. The van der Waals surface area contributed by atoms with Gasteiger partial charge in [0.25, 0.3) is 0 Å². The molecule has 2 rings (SSSR count). The second-order valence-electron chi connectivity index (χ2n) is 6.12. The Labute approximate surface area is 165 Å². The van der Waals surface area contributed by atoms with Gasteiger partial charge in [-0.05, 0) is 42.8 Å². The van der Waals surface area contributed by atoms with Gasteiger partial charge in [0.1, 0.15) is 0 Å². The van der Waals surface area contributed by atoms with E-state index in [1.54, 1.807) is 56.3 Å². The highest BCUT2D eigenvalue weighted by molar-refractivity contribution is 7.89.